The molecule has 2 heterocycles. The zero-order valence-corrected chi connectivity index (χ0v) is 17.9. The molecule has 1 N–H and O–H groups in total. The van der Waals surface area contributed by atoms with Crippen molar-refractivity contribution in [3.63, 3.8) is 0 Å². The second kappa shape index (κ2) is 10.8. The molecule has 0 aromatic carbocycles. The van der Waals surface area contributed by atoms with Crippen LogP contribution in [0.1, 0.15) is 44.9 Å². The van der Waals surface area contributed by atoms with Crippen LogP contribution in [0.5, 0.6) is 5.88 Å². The molecule has 7 nitrogen and oxygen atoms in total. The van der Waals surface area contributed by atoms with E-state index in [0.29, 0.717) is 17.4 Å². The van der Waals surface area contributed by atoms with Crippen LogP contribution >= 0.6 is 21.1 Å². The Balaban J connectivity index is 2.12. The summed E-state index contributed by atoms with van der Waals surface area (Å²) in [7, 11) is 1.80. The average Bonchev–Trinajstić information content (AvgIpc) is 2.75. The Hall–Kier alpha value is -2.36. The van der Waals surface area contributed by atoms with Crippen molar-refractivity contribution in [1.29, 1.82) is 0 Å². The number of carbonyl (C=O) groups is 2. The predicted octanol–water partition coefficient (Wildman–Crippen LogP) is 4.02. The molecule has 168 valence electrons. The van der Waals surface area contributed by atoms with E-state index >= 15 is 0 Å². The molecular formula is C18H17ClF4N3O4P. The van der Waals surface area contributed by atoms with Crippen molar-refractivity contribution in [2.45, 2.75) is 31.9 Å². The summed E-state index contributed by atoms with van der Waals surface area (Å²) in [5, 5.41) is 2.90. The number of nitrogens with zero attached hydrogens (tertiary/aromatic N) is 2. The first-order valence-electron chi connectivity index (χ1n) is 8.62. The smallest absolute Gasteiger partial charge is 0.359 e. The van der Waals surface area contributed by atoms with Crippen LogP contribution < -0.4 is 10.1 Å². The van der Waals surface area contributed by atoms with Gasteiger partial charge in [0.2, 0.25) is 5.88 Å². The van der Waals surface area contributed by atoms with Crippen LogP contribution in [0.15, 0.2) is 24.5 Å². The van der Waals surface area contributed by atoms with Crippen molar-refractivity contribution in [2.24, 2.45) is 0 Å². The monoisotopic (exact) mass is 481 g/mol. The Morgan fingerprint density at radius 2 is 2.10 bits per heavy atom. The van der Waals surface area contributed by atoms with E-state index in [2.05, 4.69) is 24.5 Å². The van der Waals surface area contributed by atoms with Gasteiger partial charge in [-0.1, -0.05) is 11.6 Å². The molecule has 2 aromatic rings. The van der Waals surface area contributed by atoms with Crippen molar-refractivity contribution >= 4 is 33.3 Å². The summed E-state index contributed by atoms with van der Waals surface area (Å²) in [6.07, 6.45) is -0.746. The number of nitrogens with one attached hydrogen (secondary N) is 1. The van der Waals surface area contributed by atoms with Gasteiger partial charge in [-0.15, -0.1) is 0 Å². The molecular weight excluding hydrogens is 465 g/mol. The van der Waals surface area contributed by atoms with Gasteiger partial charge in [-0.05, 0) is 24.6 Å². The van der Waals surface area contributed by atoms with Gasteiger partial charge in [0.15, 0.2) is 18.6 Å². The van der Waals surface area contributed by atoms with Crippen molar-refractivity contribution in [1.82, 2.24) is 15.3 Å². The lowest BCUT2D eigenvalue weighted by Crippen LogP contribution is -2.34. The Bertz CT molecular complexity index is 952. The zero-order valence-electron chi connectivity index (χ0n) is 16.0. The number of hydrogen-bond acceptors (Lipinski definition) is 7. The SMILES string of the molecule is CC(NCc1c(C=O)ccnc1C(=O)OP)c1cnc(OCC(F)(F)C(F)F)c(Cl)c1. The third-order valence-electron chi connectivity index (χ3n) is 4.15. The molecule has 2 atom stereocenters. The number of alkyl halides is 4. The fourth-order valence-corrected chi connectivity index (χ4v) is 2.76. The lowest BCUT2D eigenvalue weighted by molar-refractivity contribution is -0.148. The second-order valence-electron chi connectivity index (χ2n) is 6.26. The fraction of sp³-hybridized carbons (Fsp3) is 0.333. The third kappa shape index (κ3) is 6.32. The van der Waals surface area contributed by atoms with E-state index in [-0.39, 0.29) is 22.8 Å². The molecule has 0 spiro atoms. The zero-order chi connectivity index (χ0) is 23.2. The number of rotatable bonds is 10. The maximum Gasteiger partial charge on any atom is 0.359 e. The Labute approximate surface area is 181 Å². The van der Waals surface area contributed by atoms with Crippen LogP contribution in [0.25, 0.3) is 0 Å². The van der Waals surface area contributed by atoms with Crippen LogP contribution in [0, 0.1) is 0 Å². The molecule has 0 saturated heterocycles. The molecule has 31 heavy (non-hydrogen) atoms. The van der Waals surface area contributed by atoms with E-state index in [1.165, 1.54) is 24.5 Å². The lowest BCUT2D eigenvalue weighted by atomic mass is 10.1. The van der Waals surface area contributed by atoms with Crippen LogP contribution in [0.3, 0.4) is 0 Å². The average molecular weight is 482 g/mol. The number of aldehydes is 1. The summed E-state index contributed by atoms with van der Waals surface area (Å²) in [6.45, 7) is 0.187. The van der Waals surface area contributed by atoms with Crippen molar-refractivity contribution in [2.75, 3.05) is 6.61 Å². The van der Waals surface area contributed by atoms with Gasteiger partial charge < -0.3 is 14.6 Å². The van der Waals surface area contributed by atoms with E-state index in [4.69, 9.17) is 11.6 Å². The molecule has 2 aromatic heterocycles. The molecule has 2 rings (SSSR count). The predicted molar refractivity (Wildman–Crippen MR) is 106 cm³/mol. The first-order valence-corrected chi connectivity index (χ1v) is 9.47. The first kappa shape index (κ1) is 24.9. The lowest BCUT2D eigenvalue weighted by Gasteiger charge is -2.18. The van der Waals surface area contributed by atoms with Gasteiger partial charge in [-0.25, -0.2) is 23.5 Å². The highest BCUT2D eigenvalue weighted by Gasteiger charge is 2.42. The second-order valence-corrected chi connectivity index (χ2v) is 6.90. The highest BCUT2D eigenvalue weighted by Crippen LogP contribution is 2.29. The Morgan fingerprint density at radius 3 is 2.68 bits per heavy atom. The summed E-state index contributed by atoms with van der Waals surface area (Å²) in [5.74, 6) is -5.50. The number of halogens is 5. The van der Waals surface area contributed by atoms with Gasteiger partial charge in [0.1, 0.15) is 5.02 Å². The largest absolute Gasteiger partial charge is 0.470 e. The summed E-state index contributed by atoms with van der Waals surface area (Å²) in [6, 6.07) is 2.37. The minimum atomic E-state index is -4.34. The molecule has 0 saturated carbocycles. The van der Waals surface area contributed by atoms with Gasteiger partial charge in [0, 0.05) is 36.1 Å². The minimum Gasteiger partial charge on any atom is -0.470 e. The first-order chi connectivity index (χ1) is 14.6. The molecule has 0 aliphatic carbocycles. The quantitative estimate of drug-likeness (QED) is 0.311. The number of carbonyl (C=O) groups excluding carboxylic acids is 2. The van der Waals surface area contributed by atoms with Gasteiger partial charge in [0.05, 0.1) is 9.47 Å². The topological polar surface area (TPSA) is 90.4 Å². The Morgan fingerprint density at radius 1 is 1.39 bits per heavy atom. The van der Waals surface area contributed by atoms with E-state index < -0.39 is 36.8 Å². The van der Waals surface area contributed by atoms with E-state index in [1.807, 2.05) is 0 Å². The molecule has 2 unspecified atom stereocenters. The number of ether oxygens (including phenoxy) is 1. The van der Waals surface area contributed by atoms with Gasteiger partial charge in [0.25, 0.3) is 0 Å². The third-order valence-corrected chi connectivity index (χ3v) is 4.64. The number of aromatic nitrogens is 2. The number of pyridine rings is 2. The van der Waals surface area contributed by atoms with Crippen LogP contribution in [0.2, 0.25) is 5.02 Å². The molecule has 0 radical (unpaired) electrons. The van der Waals surface area contributed by atoms with Crippen molar-refractivity contribution in [3.05, 3.63) is 51.9 Å². The number of hydrogen-bond donors (Lipinski definition) is 1. The molecule has 0 aliphatic heterocycles. The summed E-state index contributed by atoms with van der Waals surface area (Å²) in [4.78, 5) is 30.9. The molecule has 0 fully saturated rings. The molecule has 0 aliphatic rings. The van der Waals surface area contributed by atoms with Crippen LogP contribution in [-0.4, -0.2) is 41.2 Å². The molecule has 13 heteroatoms. The normalized spacial score (nSPS) is 12.5. The standard InChI is InChI=1S/C18H17ClF4N3O4P/c1-9(25-6-12-10(7-27)2-3-24-14(12)16(28)30-31)11-4-13(19)15(26-5-11)29-8-18(22,23)17(20)21/h2-5,7,9,17,25H,6,8,31H2,1H3. The van der Waals surface area contributed by atoms with Crippen molar-refractivity contribution < 1.29 is 36.4 Å². The van der Waals surface area contributed by atoms with E-state index in [9.17, 15) is 27.2 Å². The van der Waals surface area contributed by atoms with E-state index in [1.54, 1.807) is 16.4 Å². The van der Waals surface area contributed by atoms with Gasteiger partial charge in [-0.2, -0.15) is 8.78 Å². The van der Waals surface area contributed by atoms with Gasteiger partial charge in [-0.3, -0.25) is 4.79 Å². The van der Waals surface area contributed by atoms with Crippen LogP contribution in [-0.2, 0) is 11.1 Å². The summed E-state index contributed by atoms with van der Waals surface area (Å²) in [5.41, 5.74) is 1.01. The van der Waals surface area contributed by atoms with Crippen molar-refractivity contribution in [3.8, 4) is 5.88 Å². The highest BCUT2D eigenvalue weighted by atomic mass is 35.5. The van der Waals surface area contributed by atoms with E-state index in [0.717, 1.165) is 0 Å². The van der Waals surface area contributed by atoms with Crippen LogP contribution in [0.4, 0.5) is 17.6 Å². The highest BCUT2D eigenvalue weighted by molar-refractivity contribution is 7.10. The Kier molecular flexibility index (Phi) is 8.67. The summed E-state index contributed by atoms with van der Waals surface area (Å²) < 4.78 is 59.6. The molecule has 0 amide bonds. The molecule has 0 bridgehead atoms. The maximum atomic E-state index is 13.0. The minimum absolute atomic E-state index is 0.0424. The fourth-order valence-electron chi connectivity index (χ4n) is 2.42. The maximum absolute atomic E-state index is 13.0. The van der Waals surface area contributed by atoms with Gasteiger partial charge >= 0.3 is 18.3 Å². The summed E-state index contributed by atoms with van der Waals surface area (Å²) >= 11 is 5.96.